The quantitative estimate of drug-likeness (QED) is 0.595. The van der Waals surface area contributed by atoms with Gasteiger partial charge in [-0.05, 0) is 37.1 Å². The number of carbonyl (C=O) groups excluding carboxylic acids is 1. The summed E-state index contributed by atoms with van der Waals surface area (Å²) in [6.45, 7) is 2.79. The Bertz CT molecular complexity index is 1300. The van der Waals surface area contributed by atoms with Gasteiger partial charge in [-0.3, -0.25) is 9.59 Å². The van der Waals surface area contributed by atoms with Gasteiger partial charge in [0, 0.05) is 60.9 Å². The zero-order valence-electron chi connectivity index (χ0n) is 17.8. The molecule has 9 heteroatoms. The van der Waals surface area contributed by atoms with Crippen molar-refractivity contribution < 1.29 is 13.6 Å². The molecule has 2 fully saturated rings. The molecule has 1 amide bonds. The molecule has 3 aromatic rings. The van der Waals surface area contributed by atoms with Crippen LogP contribution >= 0.6 is 11.6 Å². The van der Waals surface area contributed by atoms with Crippen molar-refractivity contribution in [1.29, 1.82) is 0 Å². The van der Waals surface area contributed by atoms with Crippen molar-refractivity contribution in [3.63, 3.8) is 0 Å². The molecule has 0 atom stereocenters. The predicted molar refractivity (Wildman–Crippen MR) is 124 cm³/mol. The number of nitrogens with zero attached hydrogens (tertiary/aromatic N) is 2. The van der Waals surface area contributed by atoms with Crippen LogP contribution in [-0.2, 0) is 6.54 Å². The fraction of sp³-hybridized carbons (Fsp3) is 0.333. The maximum absolute atomic E-state index is 15.0. The molecule has 172 valence electrons. The summed E-state index contributed by atoms with van der Waals surface area (Å²) in [6, 6.07) is 7.30. The number of aromatic nitrogens is 1. The van der Waals surface area contributed by atoms with Crippen molar-refractivity contribution >= 4 is 34.1 Å². The van der Waals surface area contributed by atoms with E-state index in [9.17, 15) is 14.0 Å². The van der Waals surface area contributed by atoms with Gasteiger partial charge in [0.2, 0.25) is 5.43 Å². The summed E-state index contributed by atoms with van der Waals surface area (Å²) in [6.07, 6.45) is 3.40. The zero-order chi connectivity index (χ0) is 23.1. The first-order valence-electron chi connectivity index (χ1n) is 11.0. The monoisotopic (exact) mass is 472 g/mol. The van der Waals surface area contributed by atoms with Crippen molar-refractivity contribution in [1.82, 2.24) is 15.2 Å². The summed E-state index contributed by atoms with van der Waals surface area (Å²) in [5.41, 5.74) is 0.716. The first-order valence-corrected chi connectivity index (χ1v) is 11.4. The average Bonchev–Trinajstić information content (AvgIpc) is 3.64. The van der Waals surface area contributed by atoms with Gasteiger partial charge < -0.3 is 20.1 Å². The number of anilines is 1. The van der Waals surface area contributed by atoms with Crippen LogP contribution in [0.1, 0.15) is 34.8 Å². The molecule has 6 nitrogen and oxygen atoms in total. The van der Waals surface area contributed by atoms with Gasteiger partial charge in [-0.2, -0.15) is 0 Å². The number of fused-ring (bicyclic) bond motifs is 1. The largest absolute Gasteiger partial charge is 0.367 e. The van der Waals surface area contributed by atoms with Crippen LogP contribution < -0.4 is 21.0 Å². The van der Waals surface area contributed by atoms with Crippen LogP contribution in [-0.4, -0.2) is 36.7 Å². The molecule has 1 aromatic heterocycles. The Morgan fingerprint density at radius 1 is 1.12 bits per heavy atom. The Labute approximate surface area is 194 Å². The molecule has 0 unspecified atom stereocenters. The number of halogens is 3. The van der Waals surface area contributed by atoms with E-state index in [1.54, 1.807) is 12.3 Å². The highest BCUT2D eigenvalue weighted by molar-refractivity contribution is 6.30. The third kappa shape index (κ3) is 4.32. The van der Waals surface area contributed by atoms with Crippen LogP contribution in [0, 0.1) is 11.6 Å². The second kappa shape index (κ2) is 8.76. The van der Waals surface area contributed by atoms with Gasteiger partial charge in [-0.25, -0.2) is 8.78 Å². The molecule has 33 heavy (non-hydrogen) atoms. The number of carbonyl (C=O) groups is 1. The third-order valence-corrected chi connectivity index (χ3v) is 6.43. The van der Waals surface area contributed by atoms with Crippen LogP contribution in [0.15, 0.2) is 41.3 Å². The number of rotatable bonds is 5. The maximum atomic E-state index is 15.0. The average molecular weight is 473 g/mol. The molecule has 2 N–H and O–H groups in total. The number of nitrogens with one attached hydrogen (secondary N) is 2. The molecule has 1 saturated carbocycles. The van der Waals surface area contributed by atoms with Crippen LogP contribution in [0.25, 0.3) is 10.9 Å². The number of amides is 1. The predicted octanol–water partition coefficient (Wildman–Crippen LogP) is 3.61. The molecule has 1 aliphatic heterocycles. The molecule has 0 radical (unpaired) electrons. The molecule has 1 aliphatic carbocycles. The molecule has 1 saturated heterocycles. The summed E-state index contributed by atoms with van der Waals surface area (Å²) in [4.78, 5) is 28.0. The minimum absolute atomic E-state index is 0.0851. The van der Waals surface area contributed by atoms with E-state index in [-0.39, 0.29) is 34.1 Å². The summed E-state index contributed by atoms with van der Waals surface area (Å²) in [5, 5.41) is 6.27. The molecule has 0 bridgehead atoms. The van der Waals surface area contributed by atoms with Gasteiger partial charge >= 0.3 is 0 Å². The SMILES string of the molecule is O=C(NCc1ccc(Cl)cc1F)c1cn(C2CC2)c2cc(N3CCNCC3)c(F)cc2c1=O. The Morgan fingerprint density at radius 2 is 1.88 bits per heavy atom. The zero-order valence-corrected chi connectivity index (χ0v) is 18.6. The second-order valence-electron chi connectivity index (χ2n) is 8.49. The van der Waals surface area contributed by atoms with E-state index >= 15 is 4.39 Å². The van der Waals surface area contributed by atoms with Gasteiger partial charge in [0.25, 0.3) is 5.91 Å². The number of piperazine rings is 1. The number of hydrogen-bond acceptors (Lipinski definition) is 4. The van der Waals surface area contributed by atoms with Crippen molar-refractivity contribution in [2.75, 3.05) is 31.1 Å². The fourth-order valence-electron chi connectivity index (χ4n) is 4.26. The maximum Gasteiger partial charge on any atom is 0.257 e. The number of hydrogen-bond donors (Lipinski definition) is 2. The summed E-state index contributed by atoms with van der Waals surface area (Å²) < 4.78 is 31.0. The van der Waals surface area contributed by atoms with Crippen molar-refractivity contribution in [2.45, 2.75) is 25.4 Å². The molecule has 0 spiro atoms. The van der Waals surface area contributed by atoms with Crippen LogP contribution in [0.4, 0.5) is 14.5 Å². The minimum atomic E-state index is -0.628. The van der Waals surface area contributed by atoms with Gasteiger partial charge in [-0.15, -0.1) is 0 Å². The highest BCUT2D eigenvalue weighted by atomic mass is 35.5. The minimum Gasteiger partial charge on any atom is -0.367 e. The fourth-order valence-corrected chi connectivity index (χ4v) is 4.42. The molecular formula is C24H23ClF2N4O2. The van der Waals surface area contributed by atoms with E-state index in [4.69, 9.17) is 11.6 Å². The Hall–Kier alpha value is -2.97. The lowest BCUT2D eigenvalue weighted by Gasteiger charge is -2.30. The van der Waals surface area contributed by atoms with Gasteiger partial charge in [0.15, 0.2) is 0 Å². The van der Waals surface area contributed by atoms with Crippen LogP contribution in [0.5, 0.6) is 0 Å². The highest BCUT2D eigenvalue weighted by Crippen LogP contribution is 2.38. The molecule has 5 rings (SSSR count). The van der Waals surface area contributed by atoms with E-state index in [0.717, 1.165) is 32.0 Å². The van der Waals surface area contributed by atoms with E-state index in [1.807, 2.05) is 9.47 Å². The molecule has 2 aromatic carbocycles. The highest BCUT2D eigenvalue weighted by Gasteiger charge is 2.28. The van der Waals surface area contributed by atoms with E-state index in [2.05, 4.69) is 10.6 Å². The smallest absolute Gasteiger partial charge is 0.257 e. The van der Waals surface area contributed by atoms with Crippen molar-refractivity contribution in [3.8, 4) is 0 Å². The topological polar surface area (TPSA) is 66.4 Å². The summed E-state index contributed by atoms with van der Waals surface area (Å²) in [7, 11) is 0. The Morgan fingerprint density at radius 3 is 2.58 bits per heavy atom. The lowest BCUT2D eigenvalue weighted by Crippen LogP contribution is -2.44. The van der Waals surface area contributed by atoms with E-state index in [1.165, 1.54) is 18.2 Å². The van der Waals surface area contributed by atoms with Crippen LogP contribution in [0.2, 0.25) is 5.02 Å². The van der Waals surface area contributed by atoms with E-state index < -0.39 is 23.0 Å². The van der Waals surface area contributed by atoms with Gasteiger partial charge in [0.05, 0.1) is 11.2 Å². The normalized spacial score (nSPS) is 16.3. The van der Waals surface area contributed by atoms with Crippen LogP contribution in [0.3, 0.4) is 0 Å². The Kier molecular flexibility index (Phi) is 5.80. The lowest BCUT2D eigenvalue weighted by molar-refractivity contribution is 0.0949. The summed E-state index contributed by atoms with van der Waals surface area (Å²) >= 11 is 5.77. The first-order chi connectivity index (χ1) is 15.9. The van der Waals surface area contributed by atoms with Gasteiger partial charge in [-0.1, -0.05) is 17.7 Å². The van der Waals surface area contributed by atoms with Gasteiger partial charge in [0.1, 0.15) is 17.2 Å². The Balaban J connectivity index is 1.51. The lowest BCUT2D eigenvalue weighted by atomic mass is 10.1. The molecule has 2 heterocycles. The number of pyridine rings is 1. The van der Waals surface area contributed by atoms with E-state index in [0.29, 0.717) is 24.3 Å². The van der Waals surface area contributed by atoms with Crippen molar-refractivity contribution in [2.24, 2.45) is 0 Å². The molecular weight excluding hydrogens is 450 g/mol. The summed E-state index contributed by atoms with van der Waals surface area (Å²) in [5.74, 6) is -1.65. The standard InChI is InChI=1S/C24H23ClF2N4O2/c25-15-2-1-14(19(26)9-15)12-29-24(33)18-13-31(16-3-4-16)21-11-22(30-7-5-28-6-8-30)20(27)10-17(21)23(18)32/h1-2,9-11,13,16,28H,3-8,12H2,(H,29,33). The first kappa shape index (κ1) is 21.9. The van der Waals surface area contributed by atoms with Crippen molar-refractivity contribution in [3.05, 3.63) is 74.5 Å². The third-order valence-electron chi connectivity index (χ3n) is 6.20. The molecule has 2 aliphatic rings. The number of benzene rings is 2. The second-order valence-corrected chi connectivity index (χ2v) is 8.92.